The van der Waals surface area contributed by atoms with E-state index in [0.717, 1.165) is 42.7 Å². The Bertz CT molecular complexity index is 987. The molecule has 0 spiro atoms. The lowest BCUT2D eigenvalue weighted by molar-refractivity contribution is -0.167. The largest absolute Gasteiger partial charge is 0.483 e. The highest BCUT2D eigenvalue weighted by molar-refractivity contribution is 7.65. The molecule has 0 amide bonds. The van der Waals surface area contributed by atoms with Gasteiger partial charge in [-0.15, -0.1) is 0 Å². The molecule has 228 valence electrons. The fourth-order valence-corrected chi connectivity index (χ4v) is 14.2. The summed E-state index contributed by atoms with van der Waals surface area (Å²) in [5, 5.41) is 0. The van der Waals surface area contributed by atoms with Gasteiger partial charge >= 0.3 is 46.7 Å². The van der Waals surface area contributed by atoms with Crippen molar-refractivity contribution in [1.82, 2.24) is 0 Å². The van der Waals surface area contributed by atoms with Crippen molar-refractivity contribution in [3.05, 3.63) is 0 Å². The summed E-state index contributed by atoms with van der Waals surface area (Å²) in [6.45, 7) is 0. The first-order valence-corrected chi connectivity index (χ1v) is 19.6. The fraction of sp³-hybridized carbons (Fsp3) is 1.00. The van der Waals surface area contributed by atoms with Crippen LogP contribution in [0.3, 0.4) is 0 Å². The number of phosphoric ester groups is 5. The quantitative estimate of drug-likeness (QED) is 0.355. The summed E-state index contributed by atoms with van der Waals surface area (Å²) in [6, 6.07) is 0. The Morgan fingerprint density at radius 2 is 0.718 bits per heavy atom. The molecule has 4 aliphatic rings. The molecule has 0 radical (unpaired) electrons. The van der Waals surface area contributed by atoms with Gasteiger partial charge in [-0.25, -0.2) is 27.1 Å². The van der Waals surface area contributed by atoms with E-state index in [1.165, 1.54) is 0 Å². The van der Waals surface area contributed by atoms with Crippen LogP contribution in [0.5, 0.6) is 0 Å². The Hall–Kier alpha value is 0.820. The lowest BCUT2D eigenvalue weighted by Gasteiger charge is -2.46. The van der Waals surface area contributed by atoms with E-state index in [1.54, 1.807) is 0 Å². The smallest absolute Gasteiger partial charge is 0.312 e. The molecule has 4 rings (SSSR count). The first kappa shape index (κ1) is 32.7. The zero-order chi connectivity index (χ0) is 29.1. The Labute approximate surface area is 222 Å². The molecule has 0 aromatic carbocycles. The van der Waals surface area contributed by atoms with Crippen LogP contribution < -0.4 is 0 Å². The molecule has 0 N–H and O–H groups in total. The lowest BCUT2D eigenvalue weighted by Crippen LogP contribution is -2.63. The van der Waals surface area contributed by atoms with Crippen LogP contribution in [0.4, 0.5) is 0 Å². The standard InChI is InChI=1S/C13H26O20P6/c1-20-34(14)7-8-9(26-35(15,21-2)31-34)11-13(30-39(19,25-6)33-38(18,24-5)28-11)12-10(8)27-36(16,22-3)32-37(17,23-4)29-12/h8-13H,7H2,1-6H3. The second-order valence-corrected chi connectivity index (χ2v) is 19.1. The summed E-state index contributed by atoms with van der Waals surface area (Å²) in [5.41, 5.74) is 0. The van der Waals surface area contributed by atoms with Crippen molar-refractivity contribution < 1.29 is 90.1 Å². The van der Waals surface area contributed by atoms with E-state index >= 15 is 0 Å². The Balaban J connectivity index is 1.97. The molecule has 4 fully saturated rings. The van der Waals surface area contributed by atoms with Gasteiger partial charge in [0.2, 0.25) is 0 Å². The van der Waals surface area contributed by atoms with Crippen molar-refractivity contribution in [3.63, 3.8) is 0 Å². The second-order valence-electron chi connectivity index (χ2n) is 7.88. The van der Waals surface area contributed by atoms with Gasteiger partial charge in [-0.3, -0.25) is 49.8 Å². The minimum absolute atomic E-state index is 0.723. The summed E-state index contributed by atoms with van der Waals surface area (Å²) in [4.78, 5) is 0. The molecule has 3 aliphatic heterocycles. The summed E-state index contributed by atoms with van der Waals surface area (Å²) < 4.78 is 152. The molecule has 1 aliphatic carbocycles. The Kier molecular flexibility index (Phi) is 9.56. The van der Waals surface area contributed by atoms with Crippen LogP contribution in [0.15, 0.2) is 0 Å². The number of hydrogen-bond donors (Lipinski definition) is 0. The number of hydrogen-bond acceptors (Lipinski definition) is 20. The van der Waals surface area contributed by atoms with Crippen LogP contribution in [-0.4, -0.2) is 79.3 Å². The van der Waals surface area contributed by atoms with Crippen molar-refractivity contribution in [3.8, 4) is 0 Å². The van der Waals surface area contributed by atoms with E-state index in [1.807, 2.05) is 0 Å². The van der Waals surface area contributed by atoms with Crippen molar-refractivity contribution in [2.75, 3.05) is 48.8 Å². The van der Waals surface area contributed by atoms with Gasteiger partial charge in [0.15, 0.2) is 0 Å². The van der Waals surface area contributed by atoms with Gasteiger partial charge in [-0.1, -0.05) is 0 Å². The topological polar surface area (TPSA) is 232 Å². The first-order chi connectivity index (χ1) is 18.1. The number of fused-ring (bicyclic) bond motifs is 6. The zero-order valence-electron chi connectivity index (χ0n) is 21.0. The third-order valence-electron chi connectivity index (χ3n) is 5.85. The molecule has 3 heterocycles. The first-order valence-electron chi connectivity index (χ1n) is 10.6. The minimum Gasteiger partial charge on any atom is -0.312 e. The number of phosphoric acid groups is 5. The average Bonchev–Trinajstić information content (AvgIpc) is 3.17. The highest BCUT2D eigenvalue weighted by Gasteiger charge is 2.68. The van der Waals surface area contributed by atoms with E-state index in [9.17, 15) is 27.4 Å². The van der Waals surface area contributed by atoms with Gasteiger partial charge in [0.25, 0.3) is 0 Å². The van der Waals surface area contributed by atoms with Gasteiger partial charge in [0, 0.05) is 48.6 Å². The molecular weight excluding hydrogens is 662 g/mol. The molecule has 39 heavy (non-hydrogen) atoms. The van der Waals surface area contributed by atoms with E-state index in [4.69, 9.17) is 62.7 Å². The summed E-state index contributed by atoms with van der Waals surface area (Å²) in [7, 11) is -23.1. The molecule has 12 unspecified atom stereocenters. The molecule has 20 nitrogen and oxygen atoms in total. The molecule has 0 aromatic rings. The Morgan fingerprint density at radius 3 is 1.03 bits per heavy atom. The predicted molar refractivity (Wildman–Crippen MR) is 124 cm³/mol. The normalized spacial score (nSPS) is 54.3. The SMILES string of the molecule is COP1(=O)CC2C3OP(=O)(OC)OP(=O)(OC)OC3C3OP(=O)(OC)OP(=O)(OC)OC3C2OP(=O)(OC)O1. The van der Waals surface area contributed by atoms with Crippen molar-refractivity contribution in [2.24, 2.45) is 5.92 Å². The maximum atomic E-state index is 13.5. The van der Waals surface area contributed by atoms with Crippen molar-refractivity contribution in [2.45, 2.75) is 30.5 Å². The Morgan fingerprint density at radius 1 is 0.436 bits per heavy atom. The van der Waals surface area contributed by atoms with Crippen LogP contribution in [0.25, 0.3) is 0 Å². The number of rotatable bonds is 6. The maximum Gasteiger partial charge on any atom is 0.483 e. The van der Waals surface area contributed by atoms with Gasteiger partial charge in [-0.2, -0.15) is 8.62 Å². The van der Waals surface area contributed by atoms with Crippen molar-refractivity contribution >= 4 is 46.7 Å². The molecule has 26 heteroatoms. The van der Waals surface area contributed by atoms with E-state index in [0.29, 0.717) is 0 Å². The minimum atomic E-state index is -4.85. The van der Waals surface area contributed by atoms with Crippen LogP contribution >= 0.6 is 46.7 Å². The fourth-order valence-electron chi connectivity index (χ4n) is 4.10. The van der Waals surface area contributed by atoms with Gasteiger partial charge in [0.05, 0.1) is 6.16 Å². The monoisotopic (exact) mass is 688 g/mol. The molecule has 1 saturated carbocycles. The van der Waals surface area contributed by atoms with E-state index in [-0.39, 0.29) is 0 Å². The van der Waals surface area contributed by atoms with Gasteiger partial charge < -0.3 is 4.52 Å². The third-order valence-corrected chi connectivity index (χ3v) is 17.0. The molecule has 0 bridgehead atoms. The summed E-state index contributed by atoms with van der Waals surface area (Å²) in [6.07, 6.45) is -9.75. The zero-order valence-corrected chi connectivity index (χ0v) is 26.4. The van der Waals surface area contributed by atoms with Crippen LogP contribution in [-0.2, 0) is 90.1 Å². The molecule has 12 atom stereocenters. The highest BCUT2D eigenvalue weighted by atomic mass is 31.3. The summed E-state index contributed by atoms with van der Waals surface area (Å²) >= 11 is 0. The highest BCUT2D eigenvalue weighted by Crippen LogP contribution is 2.76. The van der Waals surface area contributed by atoms with Gasteiger partial charge in [-0.05, 0) is 0 Å². The maximum absolute atomic E-state index is 13.5. The van der Waals surface area contributed by atoms with E-state index in [2.05, 4.69) is 0 Å². The predicted octanol–water partition coefficient (Wildman–Crippen LogP) is 4.24. The molecular formula is C13H26O20P6. The summed E-state index contributed by atoms with van der Waals surface area (Å²) in [5.74, 6) is -1.46. The lowest BCUT2D eigenvalue weighted by atomic mass is 9.79. The molecule has 0 aromatic heterocycles. The van der Waals surface area contributed by atoms with Crippen LogP contribution in [0.2, 0.25) is 0 Å². The van der Waals surface area contributed by atoms with Crippen LogP contribution in [0, 0.1) is 5.92 Å². The average molecular weight is 688 g/mol. The van der Waals surface area contributed by atoms with E-state index < -0.39 is 89.3 Å². The van der Waals surface area contributed by atoms with Crippen LogP contribution in [0.1, 0.15) is 0 Å². The second kappa shape index (κ2) is 11.4. The van der Waals surface area contributed by atoms with Gasteiger partial charge in [0.1, 0.15) is 30.5 Å². The van der Waals surface area contributed by atoms with Crippen molar-refractivity contribution in [1.29, 1.82) is 0 Å². The molecule has 3 saturated heterocycles. The third kappa shape index (κ3) is 6.38.